The minimum absolute atomic E-state index is 0.0477. The number of anilines is 1. The SMILES string of the molecule is O=[N+]([O-])c1cc(F)c(NC2CCCCC2CO)c(F)c1. The molecule has 2 atom stereocenters. The molecule has 2 rings (SSSR count). The average molecular weight is 286 g/mol. The van der Waals surface area contributed by atoms with Gasteiger partial charge in [-0.05, 0) is 12.8 Å². The van der Waals surface area contributed by atoms with Crippen molar-refractivity contribution in [2.24, 2.45) is 5.92 Å². The molecule has 0 bridgehead atoms. The number of benzene rings is 1. The highest BCUT2D eigenvalue weighted by Gasteiger charge is 2.27. The normalized spacial score (nSPS) is 22.6. The summed E-state index contributed by atoms with van der Waals surface area (Å²) in [5, 5.41) is 22.6. The van der Waals surface area contributed by atoms with E-state index in [1.807, 2.05) is 0 Å². The second kappa shape index (κ2) is 6.13. The van der Waals surface area contributed by atoms with Crippen molar-refractivity contribution in [3.05, 3.63) is 33.9 Å². The van der Waals surface area contributed by atoms with E-state index >= 15 is 0 Å². The third-order valence-corrected chi connectivity index (χ3v) is 3.71. The van der Waals surface area contributed by atoms with Crippen molar-refractivity contribution >= 4 is 11.4 Å². The van der Waals surface area contributed by atoms with Gasteiger partial charge in [0.1, 0.15) is 5.69 Å². The van der Waals surface area contributed by atoms with Gasteiger partial charge in [-0.3, -0.25) is 10.1 Å². The third-order valence-electron chi connectivity index (χ3n) is 3.71. The lowest BCUT2D eigenvalue weighted by Gasteiger charge is -2.31. The predicted octanol–water partition coefficient (Wildman–Crippen LogP) is 2.84. The second-order valence-electron chi connectivity index (χ2n) is 5.02. The van der Waals surface area contributed by atoms with Crippen LogP contribution in [0.1, 0.15) is 25.7 Å². The predicted molar refractivity (Wildman–Crippen MR) is 69.5 cm³/mol. The lowest BCUT2D eigenvalue weighted by molar-refractivity contribution is -0.385. The molecule has 1 aliphatic rings. The summed E-state index contributed by atoms with van der Waals surface area (Å²) in [5.74, 6) is -2.03. The van der Waals surface area contributed by atoms with Gasteiger partial charge in [0.15, 0.2) is 11.6 Å². The van der Waals surface area contributed by atoms with Crippen molar-refractivity contribution < 1.29 is 18.8 Å². The largest absolute Gasteiger partial charge is 0.396 e. The number of nitrogens with zero attached hydrogens (tertiary/aromatic N) is 1. The van der Waals surface area contributed by atoms with E-state index in [2.05, 4.69) is 5.32 Å². The Kier molecular flexibility index (Phi) is 4.49. The highest BCUT2D eigenvalue weighted by Crippen LogP contribution is 2.30. The van der Waals surface area contributed by atoms with Gasteiger partial charge in [-0.1, -0.05) is 12.8 Å². The molecule has 0 aliphatic heterocycles. The van der Waals surface area contributed by atoms with Crippen LogP contribution in [0.3, 0.4) is 0 Å². The van der Waals surface area contributed by atoms with Crippen LogP contribution in [0.5, 0.6) is 0 Å². The molecule has 1 aromatic rings. The Labute approximate surface area is 114 Å². The number of rotatable bonds is 4. The van der Waals surface area contributed by atoms with E-state index in [1.165, 1.54) is 0 Å². The number of nitro benzene ring substituents is 1. The van der Waals surface area contributed by atoms with Crippen LogP contribution < -0.4 is 5.32 Å². The van der Waals surface area contributed by atoms with E-state index in [1.54, 1.807) is 0 Å². The van der Waals surface area contributed by atoms with Gasteiger partial charge in [-0.2, -0.15) is 0 Å². The topological polar surface area (TPSA) is 75.4 Å². The smallest absolute Gasteiger partial charge is 0.275 e. The van der Waals surface area contributed by atoms with Gasteiger partial charge in [-0.15, -0.1) is 0 Å². The number of aliphatic hydroxyl groups is 1. The monoisotopic (exact) mass is 286 g/mol. The molecule has 0 amide bonds. The average Bonchev–Trinajstić information content (AvgIpc) is 2.42. The van der Waals surface area contributed by atoms with Gasteiger partial charge in [0.05, 0.1) is 17.1 Å². The zero-order chi connectivity index (χ0) is 14.7. The molecule has 0 saturated heterocycles. The van der Waals surface area contributed by atoms with E-state index in [0.29, 0.717) is 18.6 Å². The summed E-state index contributed by atoms with van der Waals surface area (Å²) in [7, 11) is 0. The van der Waals surface area contributed by atoms with Gasteiger partial charge in [-0.25, -0.2) is 8.78 Å². The number of hydrogen-bond acceptors (Lipinski definition) is 4. The van der Waals surface area contributed by atoms with Gasteiger partial charge in [0.25, 0.3) is 5.69 Å². The fraction of sp³-hybridized carbons (Fsp3) is 0.538. The molecule has 2 N–H and O–H groups in total. The second-order valence-corrected chi connectivity index (χ2v) is 5.02. The van der Waals surface area contributed by atoms with Gasteiger partial charge < -0.3 is 10.4 Å². The molecule has 0 spiro atoms. The highest BCUT2D eigenvalue weighted by atomic mass is 19.1. The van der Waals surface area contributed by atoms with E-state index in [9.17, 15) is 24.0 Å². The number of aliphatic hydroxyl groups excluding tert-OH is 1. The molecule has 0 heterocycles. The molecular formula is C13H16F2N2O3. The summed E-state index contributed by atoms with van der Waals surface area (Å²) in [5.41, 5.74) is -0.978. The van der Waals surface area contributed by atoms with Crippen molar-refractivity contribution in [3.63, 3.8) is 0 Å². The fourth-order valence-electron chi connectivity index (χ4n) is 2.60. The van der Waals surface area contributed by atoms with Crippen LogP contribution in [0, 0.1) is 27.7 Å². The van der Waals surface area contributed by atoms with Crippen molar-refractivity contribution in [1.82, 2.24) is 0 Å². The molecule has 1 aliphatic carbocycles. The van der Waals surface area contributed by atoms with Crippen molar-refractivity contribution in [3.8, 4) is 0 Å². The van der Waals surface area contributed by atoms with E-state index in [0.717, 1.165) is 19.3 Å². The minimum atomic E-state index is -0.987. The Bertz CT molecular complexity index is 487. The summed E-state index contributed by atoms with van der Waals surface area (Å²) in [6.45, 7) is -0.0477. The summed E-state index contributed by atoms with van der Waals surface area (Å²) >= 11 is 0. The first-order valence-corrected chi connectivity index (χ1v) is 6.53. The third kappa shape index (κ3) is 3.04. The molecular weight excluding hydrogens is 270 g/mol. The van der Waals surface area contributed by atoms with Crippen molar-refractivity contribution in [1.29, 1.82) is 0 Å². The van der Waals surface area contributed by atoms with Crippen LogP contribution >= 0.6 is 0 Å². The maximum Gasteiger partial charge on any atom is 0.275 e. The first kappa shape index (κ1) is 14.6. The molecule has 0 radical (unpaired) electrons. The fourth-order valence-corrected chi connectivity index (χ4v) is 2.60. The van der Waals surface area contributed by atoms with Crippen molar-refractivity contribution in [2.45, 2.75) is 31.7 Å². The standard InChI is InChI=1S/C13H16F2N2O3/c14-10-5-9(17(19)20)6-11(15)13(10)16-12-4-2-1-3-8(12)7-18/h5-6,8,12,16,18H,1-4,7H2. The van der Waals surface area contributed by atoms with E-state index < -0.39 is 22.2 Å². The van der Waals surface area contributed by atoms with Gasteiger partial charge in [0, 0.05) is 18.6 Å². The number of non-ortho nitro benzene ring substituents is 1. The van der Waals surface area contributed by atoms with Crippen LogP contribution in [-0.2, 0) is 0 Å². The number of hydrogen-bond donors (Lipinski definition) is 2. The molecule has 7 heteroatoms. The molecule has 1 aromatic carbocycles. The number of halogens is 2. The Balaban J connectivity index is 2.22. The summed E-state index contributed by atoms with van der Waals surface area (Å²) in [6, 6.07) is 1.17. The highest BCUT2D eigenvalue weighted by molar-refractivity contribution is 5.52. The first-order chi connectivity index (χ1) is 9.52. The quantitative estimate of drug-likeness (QED) is 0.659. The zero-order valence-corrected chi connectivity index (χ0v) is 10.8. The van der Waals surface area contributed by atoms with Crippen LogP contribution in [0.25, 0.3) is 0 Å². The summed E-state index contributed by atoms with van der Waals surface area (Å²) in [6.07, 6.45) is 3.41. The van der Waals surface area contributed by atoms with Gasteiger partial charge >= 0.3 is 0 Å². The minimum Gasteiger partial charge on any atom is -0.396 e. The van der Waals surface area contributed by atoms with Crippen LogP contribution in [0.4, 0.5) is 20.2 Å². The van der Waals surface area contributed by atoms with Gasteiger partial charge in [0.2, 0.25) is 0 Å². The molecule has 5 nitrogen and oxygen atoms in total. The Morgan fingerprint density at radius 3 is 2.45 bits per heavy atom. The summed E-state index contributed by atoms with van der Waals surface area (Å²) < 4.78 is 27.6. The lowest BCUT2D eigenvalue weighted by atomic mass is 9.85. The van der Waals surface area contributed by atoms with E-state index in [4.69, 9.17) is 0 Å². The molecule has 1 fully saturated rings. The Morgan fingerprint density at radius 2 is 1.90 bits per heavy atom. The first-order valence-electron chi connectivity index (χ1n) is 6.53. The Hall–Kier alpha value is -1.76. The number of nitro groups is 1. The maximum atomic E-state index is 13.8. The molecule has 0 aromatic heterocycles. The molecule has 1 saturated carbocycles. The maximum absolute atomic E-state index is 13.8. The molecule has 20 heavy (non-hydrogen) atoms. The van der Waals surface area contributed by atoms with Crippen molar-refractivity contribution in [2.75, 3.05) is 11.9 Å². The van der Waals surface area contributed by atoms with Crippen LogP contribution in [-0.4, -0.2) is 22.7 Å². The van der Waals surface area contributed by atoms with Crippen LogP contribution in [0.2, 0.25) is 0 Å². The van der Waals surface area contributed by atoms with E-state index in [-0.39, 0.29) is 24.3 Å². The number of nitrogens with one attached hydrogen (secondary N) is 1. The zero-order valence-electron chi connectivity index (χ0n) is 10.8. The molecule has 110 valence electrons. The summed E-state index contributed by atoms with van der Waals surface area (Å²) in [4.78, 5) is 9.68. The molecule has 2 unspecified atom stereocenters. The van der Waals surface area contributed by atoms with Crippen LogP contribution in [0.15, 0.2) is 12.1 Å². The lowest BCUT2D eigenvalue weighted by Crippen LogP contribution is -2.35. The Morgan fingerprint density at radius 1 is 1.30 bits per heavy atom.